The van der Waals surface area contributed by atoms with Crippen molar-refractivity contribution in [2.24, 2.45) is 5.92 Å². The molecule has 1 unspecified atom stereocenters. The van der Waals surface area contributed by atoms with Gasteiger partial charge in [-0.25, -0.2) is 0 Å². The first-order valence-electron chi connectivity index (χ1n) is 6.99. The van der Waals surface area contributed by atoms with E-state index in [0.29, 0.717) is 16.8 Å². The monoisotopic (exact) mass is 383 g/mol. The van der Waals surface area contributed by atoms with E-state index in [4.69, 9.17) is 4.74 Å². The van der Waals surface area contributed by atoms with E-state index >= 15 is 0 Å². The SMILES string of the molecule is CC(C)Cc1nnc(NC(=O)C(C)Oc2ccc(Br)cc2)s1. The first kappa shape index (κ1) is 16.9. The largest absolute Gasteiger partial charge is 0.481 e. The predicted octanol–water partition coefficient (Wildman–Crippen LogP) is 3.91. The first-order valence-corrected chi connectivity index (χ1v) is 8.60. The van der Waals surface area contributed by atoms with Gasteiger partial charge in [0, 0.05) is 10.9 Å². The predicted molar refractivity (Wildman–Crippen MR) is 91.3 cm³/mol. The maximum absolute atomic E-state index is 12.1. The smallest absolute Gasteiger partial charge is 0.266 e. The molecule has 0 fully saturated rings. The second kappa shape index (κ2) is 7.69. The highest BCUT2D eigenvalue weighted by Crippen LogP contribution is 2.20. The van der Waals surface area contributed by atoms with Crippen molar-refractivity contribution in [1.29, 1.82) is 0 Å². The van der Waals surface area contributed by atoms with Gasteiger partial charge in [-0.05, 0) is 37.1 Å². The molecule has 0 aliphatic carbocycles. The molecule has 118 valence electrons. The number of anilines is 1. The van der Waals surface area contributed by atoms with Gasteiger partial charge in [0.2, 0.25) is 5.13 Å². The van der Waals surface area contributed by atoms with Crippen LogP contribution in [0, 0.1) is 5.92 Å². The quantitative estimate of drug-likeness (QED) is 0.820. The molecular weight excluding hydrogens is 366 g/mol. The Bertz CT molecular complexity index is 628. The lowest BCUT2D eigenvalue weighted by molar-refractivity contribution is -0.122. The van der Waals surface area contributed by atoms with Gasteiger partial charge in [-0.2, -0.15) is 0 Å². The van der Waals surface area contributed by atoms with E-state index in [1.165, 1.54) is 11.3 Å². The molecule has 0 spiro atoms. The van der Waals surface area contributed by atoms with Crippen LogP contribution < -0.4 is 10.1 Å². The Labute approximate surface area is 142 Å². The van der Waals surface area contributed by atoms with Gasteiger partial charge < -0.3 is 4.74 Å². The molecule has 0 saturated heterocycles. The van der Waals surface area contributed by atoms with Crippen molar-refractivity contribution in [3.8, 4) is 5.75 Å². The lowest BCUT2D eigenvalue weighted by atomic mass is 10.1. The molecule has 1 heterocycles. The Morgan fingerprint density at radius 3 is 2.59 bits per heavy atom. The van der Waals surface area contributed by atoms with E-state index < -0.39 is 6.10 Å². The Morgan fingerprint density at radius 1 is 1.27 bits per heavy atom. The molecule has 0 aliphatic rings. The second-order valence-electron chi connectivity index (χ2n) is 5.30. The number of aromatic nitrogens is 2. The van der Waals surface area contributed by atoms with Gasteiger partial charge >= 0.3 is 0 Å². The lowest BCUT2D eigenvalue weighted by Gasteiger charge is -2.13. The molecule has 7 heteroatoms. The van der Waals surface area contributed by atoms with Crippen LogP contribution in [0.3, 0.4) is 0 Å². The maximum Gasteiger partial charge on any atom is 0.266 e. The molecule has 2 rings (SSSR count). The van der Waals surface area contributed by atoms with Crippen molar-refractivity contribution in [3.63, 3.8) is 0 Å². The highest BCUT2D eigenvalue weighted by Gasteiger charge is 2.17. The van der Waals surface area contributed by atoms with Gasteiger partial charge in [0.05, 0.1) is 0 Å². The van der Waals surface area contributed by atoms with Crippen molar-refractivity contribution in [2.45, 2.75) is 33.3 Å². The van der Waals surface area contributed by atoms with Gasteiger partial charge in [0.25, 0.3) is 5.91 Å². The number of ether oxygens (including phenoxy) is 1. The van der Waals surface area contributed by atoms with Crippen LogP contribution in [0.4, 0.5) is 5.13 Å². The van der Waals surface area contributed by atoms with Crippen LogP contribution in [0.25, 0.3) is 0 Å². The summed E-state index contributed by atoms with van der Waals surface area (Å²) < 4.78 is 6.56. The zero-order valence-electron chi connectivity index (χ0n) is 12.7. The van der Waals surface area contributed by atoms with Crippen LogP contribution >= 0.6 is 27.3 Å². The summed E-state index contributed by atoms with van der Waals surface area (Å²) in [6.07, 6.45) is 0.247. The minimum atomic E-state index is -0.612. The summed E-state index contributed by atoms with van der Waals surface area (Å²) in [6.45, 7) is 5.94. The summed E-state index contributed by atoms with van der Waals surface area (Å²) in [4.78, 5) is 12.1. The molecular formula is C15H18BrN3O2S. The number of hydrogen-bond acceptors (Lipinski definition) is 5. The molecule has 5 nitrogen and oxygen atoms in total. The van der Waals surface area contributed by atoms with E-state index in [2.05, 4.69) is 45.3 Å². The van der Waals surface area contributed by atoms with Gasteiger partial charge in [0.1, 0.15) is 10.8 Å². The molecule has 1 atom stereocenters. The van der Waals surface area contributed by atoms with E-state index in [0.717, 1.165) is 15.9 Å². The fourth-order valence-corrected chi connectivity index (χ4v) is 2.93. The third-order valence-corrected chi connectivity index (χ3v) is 4.17. The number of nitrogens with zero attached hydrogens (tertiary/aromatic N) is 2. The Kier molecular flexibility index (Phi) is 5.90. The number of halogens is 1. The van der Waals surface area contributed by atoms with Gasteiger partial charge in [-0.3, -0.25) is 10.1 Å². The van der Waals surface area contributed by atoms with Gasteiger partial charge in [-0.1, -0.05) is 41.1 Å². The number of nitrogens with one attached hydrogen (secondary N) is 1. The standard InChI is InChI=1S/C15H18BrN3O2S/c1-9(2)8-13-18-19-15(22-13)17-14(20)10(3)21-12-6-4-11(16)5-7-12/h4-7,9-10H,8H2,1-3H3,(H,17,19,20). The molecule has 1 aromatic heterocycles. The summed E-state index contributed by atoms with van der Waals surface area (Å²) in [5.41, 5.74) is 0. The number of rotatable bonds is 6. The second-order valence-corrected chi connectivity index (χ2v) is 7.28. The summed E-state index contributed by atoms with van der Waals surface area (Å²) >= 11 is 4.75. The Morgan fingerprint density at radius 2 is 1.95 bits per heavy atom. The van der Waals surface area contributed by atoms with Crippen LogP contribution in [-0.2, 0) is 11.2 Å². The van der Waals surface area contributed by atoms with E-state index in [-0.39, 0.29) is 5.91 Å². The minimum Gasteiger partial charge on any atom is -0.481 e. The molecule has 2 aromatic rings. The normalized spacial score (nSPS) is 12.2. The fourth-order valence-electron chi connectivity index (χ4n) is 1.71. The van der Waals surface area contributed by atoms with E-state index in [9.17, 15) is 4.79 Å². The molecule has 0 bridgehead atoms. The van der Waals surface area contributed by atoms with Gasteiger partial charge in [-0.15, -0.1) is 10.2 Å². The maximum atomic E-state index is 12.1. The van der Waals surface area contributed by atoms with Crippen LogP contribution in [0.5, 0.6) is 5.75 Å². The van der Waals surface area contributed by atoms with Crippen LogP contribution in [0.15, 0.2) is 28.7 Å². The highest BCUT2D eigenvalue weighted by atomic mass is 79.9. The molecule has 0 aliphatic heterocycles. The summed E-state index contributed by atoms with van der Waals surface area (Å²) in [6, 6.07) is 7.34. The number of carbonyl (C=O) groups excluding carboxylic acids is 1. The number of benzene rings is 1. The molecule has 0 radical (unpaired) electrons. The minimum absolute atomic E-state index is 0.241. The average molecular weight is 384 g/mol. The van der Waals surface area contributed by atoms with E-state index in [1.54, 1.807) is 19.1 Å². The summed E-state index contributed by atoms with van der Waals surface area (Å²) in [7, 11) is 0. The summed E-state index contributed by atoms with van der Waals surface area (Å²) in [5, 5.41) is 12.2. The van der Waals surface area contributed by atoms with Crippen molar-refractivity contribution < 1.29 is 9.53 Å². The van der Waals surface area contributed by atoms with Crippen LogP contribution in [-0.4, -0.2) is 22.2 Å². The highest BCUT2D eigenvalue weighted by molar-refractivity contribution is 9.10. The average Bonchev–Trinajstić information content (AvgIpc) is 2.87. The zero-order valence-corrected chi connectivity index (χ0v) is 15.1. The third-order valence-electron chi connectivity index (χ3n) is 2.78. The molecule has 1 amide bonds. The number of hydrogen-bond donors (Lipinski definition) is 1. The third kappa shape index (κ3) is 5.06. The molecule has 1 N–H and O–H groups in total. The van der Waals surface area contributed by atoms with Crippen molar-refractivity contribution in [2.75, 3.05) is 5.32 Å². The first-order chi connectivity index (χ1) is 10.4. The van der Waals surface area contributed by atoms with Crippen LogP contribution in [0.2, 0.25) is 0 Å². The van der Waals surface area contributed by atoms with Crippen molar-refractivity contribution >= 4 is 38.3 Å². The molecule has 0 saturated carbocycles. The number of carbonyl (C=O) groups is 1. The Balaban J connectivity index is 1.90. The topological polar surface area (TPSA) is 64.1 Å². The number of amides is 1. The summed E-state index contributed by atoms with van der Waals surface area (Å²) in [5.74, 6) is 0.912. The Hall–Kier alpha value is -1.47. The van der Waals surface area contributed by atoms with Crippen molar-refractivity contribution in [3.05, 3.63) is 33.7 Å². The molecule has 22 heavy (non-hydrogen) atoms. The van der Waals surface area contributed by atoms with Crippen LogP contribution in [0.1, 0.15) is 25.8 Å². The lowest BCUT2D eigenvalue weighted by Crippen LogP contribution is -2.30. The van der Waals surface area contributed by atoms with E-state index in [1.807, 2.05) is 12.1 Å². The zero-order chi connectivity index (χ0) is 16.1. The molecule has 1 aromatic carbocycles. The fraction of sp³-hybridized carbons (Fsp3) is 0.400. The van der Waals surface area contributed by atoms with Gasteiger partial charge in [0.15, 0.2) is 6.10 Å². The van der Waals surface area contributed by atoms with Crippen molar-refractivity contribution in [1.82, 2.24) is 10.2 Å².